The van der Waals surface area contributed by atoms with E-state index in [0.717, 1.165) is 11.6 Å². The average molecular weight is 477 g/mol. The van der Waals surface area contributed by atoms with Crippen LogP contribution in [0, 0.1) is 17.1 Å². The fourth-order valence-electron chi connectivity index (χ4n) is 2.52. The molecule has 0 fully saturated rings. The smallest absolute Gasteiger partial charge is 0.274 e. The van der Waals surface area contributed by atoms with Crippen molar-refractivity contribution in [2.75, 3.05) is 0 Å². The first-order valence-electron chi connectivity index (χ1n) is 8.76. The number of nitrogens with zero attached hydrogens (tertiary/aromatic N) is 2. The van der Waals surface area contributed by atoms with Gasteiger partial charge >= 0.3 is 0 Å². The van der Waals surface area contributed by atoms with Gasteiger partial charge in [-0.25, -0.2) is 9.82 Å². The molecule has 5 nitrogen and oxygen atoms in total. The van der Waals surface area contributed by atoms with Crippen LogP contribution in [0.4, 0.5) is 4.39 Å². The van der Waals surface area contributed by atoms with E-state index in [1.165, 1.54) is 18.3 Å². The number of ether oxygens (including phenoxy) is 1. The molecule has 3 aromatic rings. The zero-order valence-electron chi connectivity index (χ0n) is 15.7. The molecule has 1 amide bonds. The summed E-state index contributed by atoms with van der Waals surface area (Å²) in [6.45, 7) is 0.246. The minimum Gasteiger partial charge on any atom is -0.486 e. The topological polar surface area (TPSA) is 74.5 Å². The van der Waals surface area contributed by atoms with Gasteiger partial charge in [0.1, 0.15) is 12.4 Å². The van der Waals surface area contributed by atoms with Crippen LogP contribution in [0.1, 0.15) is 27.0 Å². The third-order valence-electron chi connectivity index (χ3n) is 4.04. The molecule has 0 unspecified atom stereocenters. The number of benzene rings is 3. The van der Waals surface area contributed by atoms with Crippen molar-refractivity contribution < 1.29 is 13.9 Å². The lowest BCUT2D eigenvalue weighted by molar-refractivity contribution is 0.0951. The SMILES string of the molecule is N#Cc1ccc(C(=O)NN=Cc2cc(Cl)c(OCc3ccc(Cl)cc3)c(Cl)c2)c(F)c1. The maximum atomic E-state index is 13.9. The molecule has 0 bridgehead atoms. The van der Waals surface area contributed by atoms with Gasteiger partial charge in [0.05, 0.1) is 33.5 Å². The normalized spacial score (nSPS) is 10.7. The summed E-state index contributed by atoms with van der Waals surface area (Å²) in [7, 11) is 0. The number of hydrazone groups is 1. The van der Waals surface area contributed by atoms with Gasteiger partial charge in [0.15, 0.2) is 5.75 Å². The third-order valence-corrected chi connectivity index (χ3v) is 4.85. The highest BCUT2D eigenvalue weighted by Crippen LogP contribution is 2.34. The molecule has 0 saturated carbocycles. The summed E-state index contributed by atoms with van der Waals surface area (Å²) in [5.41, 5.74) is 3.47. The lowest BCUT2D eigenvalue weighted by Crippen LogP contribution is -2.19. The van der Waals surface area contributed by atoms with Gasteiger partial charge in [0, 0.05) is 5.02 Å². The number of halogens is 4. The van der Waals surface area contributed by atoms with Crippen molar-refractivity contribution in [3.05, 3.63) is 97.7 Å². The Balaban J connectivity index is 1.65. The minimum atomic E-state index is -0.819. The van der Waals surface area contributed by atoms with E-state index in [-0.39, 0.29) is 27.8 Å². The molecule has 0 heterocycles. The molecule has 0 aliphatic heterocycles. The molecular weight excluding hydrogens is 464 g/mol. The second-order valence-electron chi connectivity index (χ2n) is 6.23. The average Bonchev–Trinajstić information content (AvgIpc) is 2.74. The molecule has 0 aliphatic rings. The third kappa shape index (κ3) is 5.96. The maximum absolute atomic E-state index is 13.9. The van der Waals surface area contributed by atoms with Gasteiger partial charge in [-0.3, -0.25) is 4.79 Å². The van der Waals surface area contributed by atoms with Crippen molar-refractivity contribution >= 4 is 46.9 Å². The number of rotatable bonds is 6. The van der Waals surface area contributed by atoms with E-state index in [1.807, 2.05) is 12.1 Å². The van der Waals surface area contributed by atoms with Crippen molar-refractivity contribution in [3.8, 4) is 11.8 Å². The molecule has 0 spiro atoms. The van der Waals surface area contributed by atoms with Crippen LogP contribution in [0.5, 0.6) is 5.75 Å². The Bertz CT molecular complexity index is 1170. The van der Waals surface area contributed by atoms with E-state index in [0.29, 0.717) is 16.3 Å². The standard InChI is InChI=1S/C22H13Cl3FN3O2/c23-16-4-1-13(2-5-16)12-31-21-18(24)7-15(8-19(21)25)11-28-29-22(30)17-6-3-14(10-27)9-20(17)26/h1-9,11H,12H2,(H,29,30). The number of nitriles is 1. The molecule has 0 aliphatic carbocycles. The Morgan fingerprint density at radius 2 is 1.77 bits per heavy atom. The van der Waals surface area contributed by atoms with Crippen LogP contribution in [-0.2, 0) is 6.61 Å². The Labute approximate surface area is 192 Å². The van der Waals surface area contributed by atoms with Crippen LogP contribution in [0.2, 0.25) is 15.1 Å². The van der Waals surface area contributed by atoms with E-state index in [1.54, 1.807) is 30.3 Å². The van der Waals surface area contributed by atoms with E-state index in [9.17, 15) is 9.18 Å². The maximum Gasteiger partial charge on any atom is 0.274 e. The fourth-order valence-corrected chi connectivity index (χ4v) is 3.26. The summed E-state index contributed by atoms with van der Waals surface area (Å²) in [5, 5.41) is 13.7. The first-order valence-corrected chi connectivity index (χ1v) is 9.90. The molecule has 0 atom stereocenters. The summed E-state index contributed by atoms with van der Waals surface area (Å²) >= 11 is 18.4. The fraction of sp³-hybridized carbons (Fsp3) is 0.0455. The number of carbonyl (C=O) groups is 1. The molecule has 156 valence electrons. The highest BCUT2D eigenvalue weighted by molar-refractivity contribution is 6.37. The Hall–Kier alpha value is -3.11. The van der Waals surface area contributed by atoms with E-state index < -0.39 is 11.7 Å². The van der Waals surface area contributed by atoms with Gasteiger partial charge in [0.25, 0.3) is 5.91 Å². The highest BCUT2D eigenvalue weighted by Gasteiger charge is 2.12. The van der Waals surface area contributed by atoms with Gasteiger partial charge in [-0.05, 0) is 53.6 Å². The number of hydrogen-bond donors (Lipinski definition) is 1. The van der Waals surface area contributed by atoms with Gasteiger partial charge < -0.3 is 4.74 Å². The predicted octanol–water partition coefficient (Wildman–Crippen LogP) is 6.00. The summed E-state index contributed by atoms with van der Waals surface area (Å²) < 4.78 is 19.6. The molecule has 9 heteroatoms. The lowest BCUT2D eigenvalue weighted by atomic mass is 10.1. The van der Waals surface area contributed by atoms with Crippen molar-refractivity contribution in [2.24, 2.45) is 5.10 Å². The zero-order valence-corrected chi connectivity index (χ0v) is 18.0. The second kappa shape index (κ2) is 10.3. The van der Waals surface area contributed by atoms with Crippen molar-refractivity contribution in [1.82, 2.24) is 5.43 Å². The minimum absolute atomic E-state index is 0.111. The largest absolute Gasteiger partial charge is 0.486 e. The number of carbonyl (C=O) groups excluding carboxylic acids is 1. The molecule has 0 radical (unpaired) electrons. The summed E-state index contributed by atoms with van der Waals surface area (Å²) in [5.74, 6) is -1.28. The number of nitrogens with one attached hydrogen (secondary N) is 1. The molecule has 3 aromatic carbocycles. The van der Waals surface area contributed by atoms with Gasteiger partial charge in [-0.1, -0.05) is 46.9 Å². The number of hydrogen-bond acceptors (Lipinski definition) is 4. The summed E-state index contributed by atoms with van der Waals surface area (Å²) in [6.07, 6.45) is 1.31. The van der Waals surface area contributed by atoms with Crippen LogP contribution in [-0.4, -0.2) is 12.1 Å². The van der Waals surface area contributed by atoms with Crippen LogP contribution in [0.3, 0.4) is 0 Å². The second-order valence-corrected chi connectivity index (χ2v) is 7.49. The molecule has 3 rings (SSSR count). The van der Waals surface area contributed by atoms with E-state index >= 15 is 0 Å². The summed E-state index contributed by atoms with van der Waals surface area (Å²) in [6, 6.07) is 15.6. The van der Waals surface area contributed by atoms with Crippen molar-refractivity contribution in [1.29, 1.82) is 5.26 Å². The molecule has 0 saturated heterocycles. The van der Waals surface area contributed by atoms with Gasteiger partial charge in [0.2, 0.25) is 0 Å². The number of amides is 1. The molecule has 0 aromatic heterocycles. The van der Waals surface area contributed by atoms with Gasteiger partial charge in [-0.15, -0.1) is 0 Å². The zero-order chi connectivity index (χ0) is 22.4. The predicted molar refractivity (Wildman–Crippen MR) is 118 cm³/mol. The quantitative estimate of drug-likeness (QED) is 0.350. The van der Waals surface area contributed by atoms with Crippen LogP contribution >= 0.6 is 34.8 Å². The van der Waals surface area contributed by atoms with Crippen LogP contribution in [0.25, 0.3) is 0 Å². The van der Waals surface area contributed by atoms with Crippen molar-refractivity contribution in [2.45, 2.75) is 6.61 Å². The lowest BCUT2D eigenvalue weighted by Gasteiger charge is -2.11. The molecule has 1 N–H and O–H groups in total. The monoisotopic (exact) mass is 475 g/mol. The Kier molecular flexibility index (Phi) is 7.48. The Morgan fingerprint density at radius 1 is 1.10 bits per heavy atom. The van der Waals surface area contributed by atoms with E-state index in [2.05, 4.69) is 10.5 Å². The van der Waals surface area contributed by atoms with Gasteiger partial charge in [-0.2, -0.15) is 10.4 Å². The van der Waals surface area contributed by atoms with E-state index in [4.69, 9.17) is 44.8 Å². The highest BCUT2D eigenvalue weighted by atomic mass is 35.5. The first-order chi connectivity index (χ1) is 14.9. The van der Waals surface area contributed by atoms with Crippen molar-refractivity contribution in [3.63, 3.8) is 0 Å². The first kappa shape index (κ1) is 22.6. The Morgan fingerprint density at radius 3 is 2.39 bits per heavy atom. The molecule has 31 heavy (non-hydrogen) atoms. The van der Waals surface area contributed by atoms with Crippen LogP contribution < -0.4 is 10.2 Å². The summed E-state index contributed by atoms with van der Waals surface area (Å²) in [4.78, 5) is 12.1. The van der Waals surface area contributed by atoms with Crippen LogP contribution in [0.15, 0.2) is 59.7 Å². The molecular formula is C22H13Cl3FN3O2.